The van der Waals surface area contributed by atoms with Crippen LogP contribution in [0.25, 0.3) is 0 Å². The fraction of sp³-hybridized carbons (Fsp3) is 0.786. The Morgan fingerprint density at radius 1 is 1.56 bits per heavy atom. The molecule has 0 spiro atoms. The Kier molecular flexibility index (Phi) is 5.60. The summed E-state index contributed by atoms with van der Waals surface area (Å²) in [4.78, 5) is 7.05. The van der Waals surface area contributed by atoms with Gasteiger partial charge in [-0.3, -0.25) is 4.90 Å². The van der Waals surface area contributed by atoms with Crippen LogP contribution in [0.15, 0.2) is 11.6 Å². The van der Waals surface area contributed by atoms with Gasteiger partial charge < -0.3 is 5.32 Å². The van der Waals surface area contributed by atoms with Crippen LogP contribution in [-0.4, -0.2) is 35.6 Å². The molecule has 3 nitrogen and oxygen atoms in total. The third-order valence-corrected chi connectivity index (χ3v) is 4.68. The van der Waals surface area contributed by atoms with Crippen molar-refractivity contribution >= 4 is 11.3 Å². The Morgan fingerprint density at radius 2 is 2.44 bits per heavy atom. The van der Waals surface area contributed by atoms with E-state index < -0.39 is 0 Å². The molecule has 1 N–H and O–H groups in total. The molecule has 1 aromatic rings. The van der Waals surface area contributed by atoms with Crippen LogP contribution < -0.4 is 5.32 Å². The van der Waals surface area contributed by atoms with Gasteiger partial charge in [0.2, 0.25) is 0 Å². The van der Waals surface area contributed by atoms with E-state index in [0.29, 0.717) is 12.1 Å². The predicted molar refractivity (Wildman–Crippen MR) is 78.0 cm³/mol. The molecule has 2 unspecified atom stereocenters. The number of nitrogens with one attached hydrogen (secondary N) is 1. The smallest absolute Gasteiger partial charge is 0.109 e. The van der Waals surface area contributed by atoms with Crippen molar-refractivity contribution in [2.24, 2.45) is 0 Å². The van der Waals surface area contributed by atoms with Crippen LogP contribution in [0.1, 0.15) is 50.6 Å². The third kappa shape index (κ3) is 3.77. The van der Waals surface area contributed by atoms with Crippen molar-refractivity contribution in [3.8, 4) is 0 Å². The molecular formula is C14H25N3S. The summed E-state index contributed by atoms with van der Waals surface area (Å²) in [6.45, 7) is 8.07. The molecule has 102 valence electrons. The van der Waals surface area contributed by atoms with Gasteiger partial charge in [-0.25, -0.2) is 4.98 Å². The SMILES string of the molecule is CCCN(CC1CCCCN1)C(C)c1nccs1. The summed E-state index contributed by atoms with van der Waals surface area (Å²) >= 11 is 1.77. The highest BCUT2D eigenvalue weighted by Gasteiger charge is 2.22. The number of nitrogens with zero attached hydrogens (tertiary/aromatic N) is 2. The van der Waals surface area contributed by atoms with E-state index in [-0.39, 0.29) is 0 Å². The van der Waals surface area contributed by atoms with Crippen LogP contribution in [0.5, 0.6) is 0 Å². The topological polar surface area (TPSA) is 28.2 Å². The zero-order chi connectivity index (χ0) is 12.8. The molecule has 1 aliphatic heterocycles. The van der Waals surface area contributed by atoms with Gasteiger partial charge in [0.15, 0.2) is 0 Å². The van der Waals surface area contributed by atoms with Crippen molar-refractivity contribution in [3.63, 3.8) is 0 Å². The molecule has 0 bridgehead atoms. The highest BCUT2D eigenvalue weighted by molar-refractivity contribution is 7.09. The molecular weight excluding hydrogens is 242 g/mol. The Labute approximate surface area is 115 Å². The van der Waals surface area contributed by atoms with Crippen LogP contribution in [-0.2, 0) is 0 Å². The number of hydrogen-bond donors (Lipinski definition) is 1. The van der Waals surface area contributed by atoms with E-state index in [1.165, 1.54) is 43.8 Å². The summed E-state index contributed by atoms with van der Waals surface area (Å²) < 4.78 is 0. The number of hydrogen-bond acceptors (Lipinski definition) is 4. The maximum Gasteiger partial charge on any atom is 0.109 e. The first-order chi connectivity index (χ1) is 8.81. The highest BCUT2D eigenvalue weighted by atomic mass is 32.1. The maximum atomic E-state index is 4.47. The predicted octanol–water partition coefficient (Wildman–Crippen LogP) is 3.06. The van der Waals surface area contributed by atoms with Crippen LogP contribution in [0.2, 0.25) is 0 Å². The second kappa shape index (κ2) is 7.22. The Morgan fingerprint density at radius 3 is 3.06 bits per heavy atom. The molecule has 1 saturated heterocycles. The van der Waals surface area contributed by atoms with Crippen molar-refractivity contribution in [1.29, 1.82) is 0 Å². The first-order valence-electron chi connectivity index (χ1n) is 7.18. The number of aromatic nitrogens is 1. The van der Waals surface area contributed by atoms with Gasteiger partial charge in [0, 0.05) is 24.2 Å². The molecule has 1 aliphatic rings. The van der Waals surface area contributed by atoms with Gasteiger partial charge in [-0.05, 0) is 39.3 Å². The summed E-state index contributed by atoms with van der Waals surface area (Å²) in [6, 6.07) is 1.13. The van der Waals surface area contributed by atoms with Gasteiger partial charge in [-0.15, -0.1) is 11.3 Å². The van der Waals surface area contributed by atoms with Gasteiger partial charge >= 0.3 is 0 Å². The minimum atomic E-state index is 0.452. The number of rotatable bonds is 6. The van der Waals surface area contributed by atoms with Crippen LogP contribution >= 0.6 is 11.3 Å². The average molecular weight is 267 g/mol. The van der Waals surface area contributed by atoms with E-state index in [1.807, 2.05) is 6.20 Å². The molecule has 2 heterocycles. The van der Waals surface area contributed by atoms with Gasteiger partial charge in [0.25, 0.3) is 0 Å². The Balaban J connectivity index is 1.93. The van der Waals surface area contributed by atoms with Crippen molar-refractivity contribution < 1.29 is 0 Å². The largest absolute Gasteiger partial charge is 0.313 e. The monoisotopic (exact) mass is 267 g/mol. The summed E-state index contributed by atoms with van der Waals surface area (Å²) in [5, 5.41) is 6.98. The fourth-order valence-electron chi connectivity index (χ4n) is 2.69. The van der Waals surface area contributed by atoms with E-state index >= 15 is 0 Å². The van der Waals surface area contributed by atoms with Crippen LogP contribution in [0.3, 0.4) is 0 Å². The second-order valence-corrected chi connectivity index (χ2v) is 6.11. The number of thiazole rings is 1. The molecule has 2 rings (SSSR count). The van der Waals surface area contributed by atoms with Crippen LogP contribution in [0, 0.1) is 0 Å². The molecule has 2 atom stereocenters. The quantitative estimate of drug-likeness (QED) is 0.858. The number of piperidine rings is 1. The van der Waals surface area contributed by atoms with Gasteiger partial charge in [0.05, 0.1) is 6.04 Å². The molecule has 0 saturated carbocycles. The molecule has 1 fully saturated rings. The van der Waals surface area contributed by atoms with Crippen LogP contribution in [0.4, 0.5) is 0 Å². The van der Waals surface area contributed by atoms with Gasteiger partial charge in [-0.1, -0.05) is 13.3 Å². The second-order valence-electron chi connectivity index (χ2n) is 5.19. The maximum absolute atomic E-state index is 4.47. The van der Waals surface area contributed by atoms with Gasteiger partial charge in [0.1, 0.15) is 5.01 Å². The summed E-state index contributed by atoms with van der Waals surface area (Å²) in [7, 11) is 0. The Hall–Kier alpha value is -0.450. The van der Waals surface area contributed by atoms with Gasteiger partial charge in [-0.2, -0.15) is 0 Å². The fourth-order valence-corrected chi connectivity index (χ4v) is 3.42. The molecule has 0 radical (unpaired) electrons. The molecule has 4 heteroatoms. The third-order valence-electron chi connectivity index (χ3n) is 3.73. The van der Waals surface area contributed by atoms with E-state index in [1.54, 1.807) is 11.3 Å². The van der Waals surface area contributed by atoms with Crippen molar-refractivity contribution in [1.82, 2.24) is 15.2 Å². The lowest BCUT2D eigenvalue weighted by Crippen LogP contribution is -2.44. The highest BCUT2D eigenvalue weighted by Crippen LogP contribution is 2.23. The summed E-state index contributed by atoms with van der Waals surface area (Å²) in [6.07, 6.45) is 7.17. The van der Waals surface area contributed by atoms with E-state index in [0.717, 1.165) is 6.54 Å². The Bertz CT molecular complexity index is 320. The first-order valence-corrected chi connectivity index (χ1v) is 8.06. The molecule has 0 amide bonds. The molecule has 1 aromatic heterocycles. The lowest BCUT2D eigenvalue weighted by molar-refractivity contribution is 0.176. The zero-order valence-corrected chi connectivity index (χ0v) is 12.4. The lowest BCUT2D eigenvalue weighted by Gasteiger charge is -2.33. The molecule has 18 heavy (non-hydrogen) atoms. The van der Waals surface area contributed by atoms with Crippen molar-refractivity contribution in [2.75, 3.05) is 19.6 Å². The normalized spacial score (nSPS) is 22.3. The molecule has 0 aromatic carbocycles. The summed E-state index contributed by atoms with van der Waals surface area (Å²) in [5.41, 5.74) is 0. The lowest BCUT2D eigenvalue weighted by atomic mass is 10.0. The average Bonchev–Trinajstić information content (AvgIpc) is 2.92. The van der Waals surface area contributed by atoms with E-state index in [2.05, 4.69) is 34.4 Å². The summed E-state index contributed by atoms with van der Waals surface area (Å²) in [5.74, 6) is 0. The minimum Gasteiger partial charge on any atom is -0.313 e. The van der Waals surface area contributed by atoms with E-state index in [4.69, 9.17) is 0 Å². The minimum absolute atomic E-state index is 0.452. The standard InChI is InChI=1S/C14H25N3S/c1-3-9-17(11-13-6-4-5-7-15-13)12(2)14-16-8-10-18-14/h8,10,12-13,15H,3-7,9,11H2,1-2H3. The zero-order valence-electron chi connectivity index (χ0n) is 11.6. The molecule has 0 aliphatic carbocycles. The first kappa shape index (κ1) is 14.0. The van der Waals surface area contributed by atoms with Crippen molar-refractivity contribution in [2.45, 2.75) is 51.6 Å². The van der Waals surface area contributed by atoms with E-state index in [9.17, 15) is 0 Å². The van der Waals surface area contributed by atoms with Crippen molar-refractivity contribution in [3.05, 3.63) is 16.6 Å².